The van der Waals surface area contributed by atoms with Gasteiger partial charge in [0.1, 0.15) is 13.2 Å². The fourth-order valence-corrected chi connectivity index (χ4v) is 10.1. The van der Waals surface area contributed by atoms with Crippen LogP contribution in [0, 0.1) is 0 Å². The van der Waals surface area contributed by atoms with Gasteiger partial charge in [-0.25, -0.2) is 0 Å². The molecule has 0 spiro atoms. The van der Waals surface area contributed by atoms with Crippen LogP contribution in [0.2, 0.25) is 0 Å². The first-order valence-corrected chi connectivity index (χ1v) is 33.3. The molecule has 0 rings (SSSR count). The summed E-state index contributed by atoms with van der Waals surface area (Å²) in [6, 6.07) is 0. The highest BCUT2D eigenvalue weighted by atomic mass is 16.6. The van der Waals surface area contributed by atoms with Gasteiger partial charge in [0.25, 0.3) is 0 Å². The highest BCUT2D eigenvalue weighted by molar-refractivity contribution is 5.71. The molecule has 0 saturated heterocycles. The molecule has 0 bridgehead atoms. The van der Waals surface area contributed by atoms with Gasteiger partial charge in [0.05, 0.1) is 0 Å². The summed E-state index contributed by atoms with van der Waals surface area (Å²) in [7, 11) is 0. The molecule has 0 aliphatic rings. The number of esters is 3. The van der Waals surface area contributed by atoms with E-state index in [2.05, 4.69) is 45.1 Å². The summed E-state index contributed by atoms with van der Waals surface area (Å²) in [6.07, 6.45) is 76.2. The number of carbonyl (C=O) groups is 3. The van der Waals surface area contributed by atoms with Crippen molar-refractivity contribution in [2.75, 3.05) is 13.2 Å². The van der Waals surface area contributed by atoms with Crippen molar-refractivity contribution in [3.63, 3.8) is 0 Å². The third-order valence-electron chi connectivity index (χ3n) is 15.2. The Morgan fingerprint density at radius 2 is 0.446 bits per heavy atom. The summed E-state index contributed by atoms with van der Waals surface area (Å²) in [6.45, 7) is 6.69. The predicted molar refractivity (Wildman–Crippen MR) is 321 cm³/mol. The van der Waals surface area contributed by atoms with Crippen LogP contribution < -0.4 is 0 Å². The van der Waals surface area contributed by atoms with E-state index in [4.69, 9.17) is 14.2 Å². The highest BCUT2D eigenvalue weighted by Crippen LogP contribution is 2.18. The van der Waals surface area contributed by atoms with E-state index in [1.807, 2.05) is 0 Å². The summed E-state index contributed by atoms with van der Waals surface area (Å²) in [4.78, 5) is 38.3. The summed E-state index contributed by atoms with van der Waals surface area (Å²) in [5, 5.41) is 0. The van der Waals surface area contributed by atoms with Gasteiger partial charge in [-0.3, -0.25) is 14.4 Å². The lowest BCUT2D eigenvalue weighted by atomic mass is 10.0. The van der Waals surface area contributed by atoms with Gasteiger partial charge in [0.15, 0.2) is 6.10 Å². The Bertz CT molecular complexity index is 1190. The van der Waals surface area contributed by atoms with E-state index < -0.39 is 6.10 Å². The fraction of sp³-hybridized carbons (Fsp3) is 0.897. The minimum Gasteiger partial charge on any atom is -0.462 e. The Kier molecular flexibility index (Phi) is 61.6. The molecule has 0 aromatic carbocycles. The smallest absolute Gasteiger partial charge is 0.306 e. The zero-order valence-corrected chi connectivity index (χ0v) is 50.1. The van der Waals surface area contributed by atoms with E-state index >= 15 is 0 Å². The average molecular weight is 1040 g/mol. The fourth-order valence-electron chi connectivity index (χ4n) is 10.1. The number of ether oxygens (including phenoxy) is 3. The summed E-state index contributed by atoms with van der Waals surface area (Å²) in [5.41, 5.74) is 0. The van der Waals surface area contributed by atoms with Crippen molar-refractivity contribution < 1.29 is 28.6 Å². The number of carbonyl (C=O) groups excluding carboxylic acids is 3. The van der Waals surface area contributed by atoms with Gasteiger partial charge in [-0.15, -0.1) is 0 Å². The molecule has 436 valence electrons. The summed E-state index contributed by atoms with van der Waals surface area (Å²) < 4.78 is 16.9. The normalized spacial score (nSPS) is 12.1. The summed E-state index contributed by atoms with van der Waals surface area (Å²) in [5.74, 6) is -0.862. The predicted octanol–water partition coefficient (Wildman–Crippen LogP) is 22.6. The number of allylic oxidation sites excluding steroid dienone is 4. The van der Waals surface area contributed by atoms with Gasteiger partial charge >= 0.3 is 17.9 Å². The Hall–Kier alpha value is -2.11. The Balaban J connectivity index is 4.27. The maximum absolute atomic E-state index is 12.9. The lowest BCUT2D eigenvalue weighted by Crippen LogP contribution is -2.30. The third kappa shape index (κ3) is 60.8. The van der Waals surface area contributed by atoms with Gasteiger partial charge in [0, 0.05) is 19.3 Å². The minimum absolute atomic E-state index is 0.0722. The van der Waals surface area contributed by atoms with E-state index in [0.29, 0.717) is 19.3 Å². The zero-order chi connectivity index (χ0) is 53.6. The van der Waals surface area contributed by atoms with Crippen LogP contribution >= 0.6 is 0 Å². The molecule has 0 aromatic heterocycles. The molecule has 0 amide bonds. The highest BCUT2D eigenvalue weighted by Gasteiger charge is 2.19. The Morgan fingerprint density at radius 1 is 0.257 bits per heavy atom. The number of rotatable bonds is 62. The molecule has 0 radical (unpaired) electrons. The molecule has 0 aliphatic carbocycles. The van der Waals surface area contributed by atoms with Crippen molar-refractivity contribution in [1.29, 1.82) is 0 Å². The van der Waals surface area contributed by atoms with E-state index in [-0.39, 0.29) is 31.1 Å². The lowest BCUT2D eigenvalue weighted by Gasteiger charge is -2.18. The first-order chi connectivity index (χ1) is 36.5. The van der Waals surface area contributed by atoms with E-state index in [1.165, 1.54) is 263 Å². The quantitative estimate of drug-likeness (QED) is 0.0261. The van der Waals surface area contributed by atoms with E-state index in [9.17, 15) is 14.4 Å². The molecule has 0 aromatic rings. The maximum Gasteiger partial charge on any atom is 0.306 e. The first kappa shape index (κ1) is 71.9. The molecule has 0 saturated carbocycles. The maximum atomic E-state index is 12.9. The van der Waals surface area contributed by atoms with Crippen LogP contribution in [-0.2, 0) is 28.6 Å². The molecule has 74 heavy (non-hydrogen) atoms. The third-order valence-corrected chi connectivity index (χ3v) is 15.2. The van der Waals surface area contributed by atoms with Crippen molar-refractivity contribution in [2.24, 2.45) is 0 Å². The molecular formula is C68H128O6. The van der Waals surface area contributed by atoms with Gasteiger partial charge in [-0.2, -0.15) is 0 Å². The molecule has 1 unspecified atom stereocenters. The molecule has 0 fully saturated rings. The molecule has 0 heterocycles. The Morgan fingerprint density at radius 3 is 0.676 bits per heavy atom. The molecule has 1 atom stereocenters. The van der Waals surface area contributed by atoms with Gasteiger partial charge in [-0.05, 0) is 70.6 Å². The molecule has 0 aliphatic heterocycles. The van der Waals surface area contributed by atoms with Crippen LogP contribution in [0.25, 0.3) is 0 Å². The van der Waals surface area contributed by atoms with E-state index in [1.54, 1.807) is 0 Å². The molecule has 6 nitrogen and oxygen atoms in total. The topological polar surface area (TPSA) is 78.9 Å². The number of hydrogen-bond donors (Lipinski definition) is 0. The van der Waals surface area contributed by atoms with Crippen LogP contribution in [0.15, 0.2) is 24.3 Å². The van der Waals surface area contributed by atoms with Crippen LogP contribution in [0.3, 0.4) is 0 Å². The molecule has 0 N–H and O–H groups in total. The van der Waals surface area contributed by atoms with Crippen LogP contribution in [0.1, 0.15) is 374 Å². The molecular weight excluding hydrogens is 913 g/mol. The van der Waals surface area contributed by atoms with Crippen molar-refractivity contribution in [3.05, 3.63) is 24.3 Å². The first-order valence-electron chi connectivity index (χ1n) is 33.3. The van der Waals surface area contributed by atoms with E-state index in [0.717, 1.165) is 70.6 Å². The standard InChI is InChI=1S/C68H128O6/c1-4-7-10-13-16-19-22-25-28-31-32-33-34-35-36-37-38-41-43-46-49-52-55-58-61-67(70)73-64-65(74-68(71)62-59-56-53-50-47-44-40-30-27-24-21-18-15-12-9-6-3)63-72-66(69)60-57-54-51-48-45-42-39-29-26-23-20-17-14-11-8-5-2/h29-30,39-40,65H,4-28,31-38,41-64H2,1-3H3/b39-29-,40-30-. The SMILES string of the molecule is CCCCCCCCC/C=C\CCCCCCCC(=O)OCC(COC(=O)CCCCCCCCCCCCCCCCCCCCCCCCCC)OC(=O)CCCCCCC/C=C\CCCCCCCCC. The minimum atomic E-state index is -0.777. The monoisotopic (exact) mass is 1040 g/mol. The number of hydrogen-bond acceptors (Lipinski definition) is 6. The van der Waals surface area contributed by atoms with Gasteiger partial charge in [-0.1, -0.05) is 308 Å². The molecule has 6 heteroatoms. The van der Waals surface area contributed by atoms with Crippen LogP contribution in [-0.4, -0.2) is 37.2 Å². The zero-order valence-electron chi connectivity index (χ0n) is 50.1. The average Bonchev–Trinajstić information content (AvgIpc) is 3.40. The summed E-state index contributed by atoms with van der Waals surface area (Å²) >= 11 is 0. The van der Waals surface area contributed by atoms with Crippen molar-refractivity contribution >= 4 is 17.9 Å². The van der Waals surface area contributed by atoms with Crippen LogP contribution in [0.4, 0.5) is 0 Å². The van der Waals surface area contributed by atoms with Crippen LogP contribution in [0.5, 0.6) is 0 Å². The van der Waals surface area contributed by atoms with Gasteiger partial charge < -0.3 is 14.2 Å². The largest absolute Gasteiger partial charge is 0.462 e. The lowest BCUT2D eigenvalue weighted by molar-refractivity contribution is -0.167. The second-order valence-electron chi connectivity index (χ2n) is 22.7. The van der Waals surface area contributed by atoms with Gasteiger partial charge in [0.2, 0.25) is 0 Å². The van der Waals surface area contributed by atoms with Crippen molar-refractivity contribution in [1.82, 2.24) is 0 Å². The van der Waals surface area contributed by atoms with Crippen molar-refractivity contribution in [2.45, 2.75) is 380 Å². The second kappa shape index (κ2) is 63.4. The Labute approximate surface area is 462 Å². The van der Waals surface area contributed by atoms with Crippen molar-refractivity contribution in [3.8, 4) is 0 Å². The second-order valence-corrected chi connectivity index (χ2v) is 22.7. The number of unbranched alkanes of at least 4 members (excludes halogenated alkanes) is 47.